The molecule has 3 nitrogen and oxygen atoms in total. The van der Waals surface area contributed by atoms with E-state index in [0.717, 1.165) is 25.2 Å². The summed E-state index contributed by atoms with van der Waals surface area (Å²) in [7, 11) is 0. The van der Waals surface area contributed by atoms with Gasteiger partial charge in [0.1, 0.15) is 0 Å². The highest BCUT2D eigenvalue weighted by atomic mass is 16.1. The normalized spacial score (nSPS) is 14.6. The van der Waals surface area contributed by atoms with Gasteiger partial charge in [-0.15, -0.1) is 0 Å². The number of amides is 1. The largest absolute Gasteiger partial charge is 0.370 e. The number of rotatable bonds is 4. The van der Waals surface area contributed by atoms with Crippen LogP contribution in [-0.2, 0) is 11.2 Å². The third kappa shape index (κ3) is 3.07. The van der Waals surface area contributed by atoms with Crippen LogP contribution < -0.4 is 10.2 Å². The van der Waals surface area contributed by atoms with Crippen LogP contribution in [0.25, 0.3) is 0 Å². The molecule has 0 saturated heterocycles. The molecule has 1 aliphatic rings. The number of carbonyl (C=O) groups is 1. The molecule has 3 rings (SSSR count). The molecule has 1 atom stereocenters. The van der Waals surface area contributed by atoms with E-state index >= 15 is 0 Å². The van der Waals surface area contributed by atoms with Crippen molar-refractivity contribution in [3.63, 3.8) is 0 Å². The molecule has 1 heterocycles. The van der Waals surface area contributed by atoms with Crippen LogP contribution in [-0.4, -0.2) is 19.0 Å². The van der Waals surface area contributed by atoms with Gasteiger partial charge in [-0.3, -0.25) is 4.79 Å². The van der Waals surface area contributed by atoms with Crippen molar-refractivity contribution < 1.29 is 4.79 Å². The predicted octanol–water partition coefficient (Wildman–Crippen LogP) is 3.32. The van der Waals surface area contributed by atoms with Crippen molar-refractivity contribution in [3.05, 3.63) is 60.2 Å². The molecule has 0 spiro atoms. The Hall–Kier alpha value is -2.29. The summed E-state index contributed by atoms with van der Waals surface area (Å²) in [5.74, 6) is 0.0296. The highest BCUT2D eigenvalue weighted by Gasteiger charge is 2.22. The second-order valence-corrected chi connectivity index (χ2v) is 5.58. The lowest BCUT2D eigenvalue weighted by Crippen LogP contribution is -2.33. The minimum atomic E-state index is -0.0450. The lowest BCUT2D eigenvalue weighted by Gasteiger charge is -2.23. The van der Waals surface area contributed by atoms with Crippen LogP contribution >= 0.6 is 0 Å². The number of carbonyl (C=O) groups excluding carboxylic acids is 1. The fraction of sp³-hybridized carbons (Fsp3) is 0.278. The third-order valence-corrected chi connectivity index (χ3v) is 3.97. The van der Waals surface area contributed by atoms with Gasteiger partial charge in [-0.05, 0) is 30.2 Å². The van der Waals surface area contributed by atoms with Crippen LogP contribution in [0.3, 0.4) is 0 Å². The molecule has 1 aliphatic heterocycles. The van der Waals surface area contributed by atoms with E-state index in [4.69, 9.17) is 0 Å². The quantitative estimate of drug-likeness (QED) is 0.931. The maximum absolute atomic E-state index is 12.3. The summed E-state index contributed by atoms with van der Waals surface area (Å²) in [6.45, 7) is 3.75. The number of fused-ring (bicyclic) bond motifs is 1. The van der Waals surface area contributed by atoms with E-state index < -0.39 is 0 Å². The van der Waals surface area contributed by atoms with Crippen LogP contribution in [0.5, 0.6) is 0 Å². The Morgan fingerprint density at radius 1 is 1.14 bits per heavy atom. The van der Waals surface area contributed by atoms with Gasteiger partial charge in [0, 0.05) is 24.5 Å². The van der Waals surface area contributed by atoms with Crippen LogP contribution in [0, 0.1) is 5.92 Å². The Kier molecular flexibility index (Phi) is 3.91. The number of hydrogen-bond acceptors (Lipinski definition) is 2. The zero-order valence-electron chi connectivity index (χ0n) is 12.3. The van der Waals surface area contributed by atoms with E-state index in [0.29, 0.717) is 0 Å². The monoisotopic (exact) mass is 280 g/mol. The van der Waals surface area contributed by atoms with E-state index in [-0.39, 0.29) is 11.8 Å². The second kappa shape index (κ2) is 6.00. The van der Waals surface area contributed by atoms with Gasteiger partial charge in [-0.1, -0.05) is 43.3 Å². The Labute approximate surface area is 125 Å². The molecule has 0 radical (unpaired) electrons. The molecule has 2 aromatic rings. The molecule has 1 N–H and O–H groups in total. The van der Waals surface area contributed by atoms with E-state index in [9.17, 15) is 4.79 Å². The fourth-order valence-corrected chi connectivity index (χ4v) is 2.80. The van der Waals surface area contributed by atoms with E-state index in [1.54, 1.807) is 0 Å². The Balaban J connectivity index is 1.62. The van der Waals surface area contributed by atoms with Gasteiger partial charge >= 0.3 is 0 Å². The van der Waals surface area contributed by atoms with Crippen LogP contribution in [0.4, 0.5) is 11.4 Å². The Morgan fingerprint density at radius 2 is 1.86 bits per heavy atom. The van der Waals surface area contributed by atoms with Gasteiger partial charge in [-0.2, -0.15) is 0 Å². The molecule has 108 valence electrons. The van der Waals surface area contributed by atoms with Crippen molar-refractivity contribution >= 4 is 17.3 Å². The highest BCUT2D eigenvalue weighted by molar-refractivity contribution is 5.92. The first-order valence-corrected chi connectivity index (χ1v) is 7.43. The topological polar surface area (TPSA) is 32.3 Å². The van der Waals surface area contributed by atoms with Crippen molar-refractivity contribution in [2.24, 2.45) is 5.92 Å². The Bertz CT molecular complexity index is 624. The fourth-order valence-electron chi connectivity index (χ4n) is 2.80. The minimum Gasteiger partial charge on any atom is -0.370 e. The predicted molar refractivity (Wildman–Crippen MR) is 86.6 cm³/mol. The van der Waals surface area contributed by atoms with Crippen LogP contribution in [0.2, 0.25) is 0 Å². The first-order chi connectivity index (χ1) is 10.2. The number of anilines is 2. The first-order valence-electron chi connectivity index (χ1n) is 7.43. The standard InChI is InChI=1S/C18H20N2O/c1-14(18(21)19-16-8-3-2-4-9-16)13-20-12-11-15-7-5-6-10-17(15)20/h2-10,14H,11-13H2,1H3,(H,19,21)/t14-/m1/s1. The third-order valence-electron chi connectivity index (χ3n) is 3.97. The highest BCUT2D eigenvalue weighted by Crippen LogP contribution is 2.28. The summed E-state index contributed by atoms with van der Waals surface area (Å²) in [5, 5.41) is 2.97. The van der Waals surface area contributed by atoms with Gasteiger partial charge in [0.15, 0.2) is 0 Å². The molecule has 1 amide bonds. The summed E-state index contributed by atoms with van der Waals surface area (Å²) in [6.07, 6.45) is 1.07. The Morgan fingerprint density at radius 3 is 2.67 bits per heavy atom. The smallest absolute Gasteiger partial charge is 0.228 e. The molecular weight excluding hydrogens is 260 g/mol. The van der Waals surface area contributed by atoms with Crippen molar-refractivity contribution in [1.82, 2.24) is 0 Å². The number of nitrogens with zero attached hydrogens (tertiary/aromatic N) is 1. The van der Waals surface area contributed by atoms with Crippen LogP contribution in [0.1, 0.15) is 12.5 Å². The maximum atomic E-state index is 12.3. The zero-order chi connectivity index (χ0) is 14.7. The molecule has 3 heteroatoms. The van der Waals surface area contributed by atoms with E-state index in [1.165, 1.54) is 11.3 Å². The first kappa shape index (κ1) is 13.7. The molecule has 0 bridgehead atoms. The lowest BCUT2D eigenvalue weighted by atomic mass is 10.1. The maximum Gasteiger partial charge on any atom is 0.228 e. The molecule has 21 heavy (non-hydrogen) atoms. The molecule has 0 aromatic heterocycles. The number of hydrogen-bond donors (Lipinski definition) is 1. The van der Waals surface area contributed by atoms with Crippen molar-refractivity contribution in [1.29, 1.82) is 0 Å². The van der Waals surface area contributed by atoms with Gasteiger partial charge in [0.25, 0.3) is 0 Å². The van der Waals surface area contributed by atoms with Crippen molar-refractivity contribution in [3.8, 4) is 0 Å². The minimum absolute atomic E-state index is 0.0450. The molecule has 0 fully saturated rings. The van der Waals surface area contributed by atoms with Crippen molar-refractivity contribution in [2.45, 2.75) is 13.3 Å². The van der Waals surface area contributed by atoms with Gasteiger partial charge in [0.05, 0.1) is 5.92 Å². The summed E-state index contributed by atoms with van der Waals surface area (Å²) < 4.78 is 0. The van der Waals surface area contributed by atoms with E-state index in [2.05, 4.69) is 34.5 Å². The van der Waals surface area contributed by atoms with Crippen LogP contribution in [0.15, 0.2) is 54.6 Å². The number of benzene rings is 2. The van der Waals surface area contributed by atoms with Gasteiger partial charge in [-0.25, -0.2) is 0 Å². The number of para-hydroxylation sites is 2. The van der Waals surface area contributed by atoms with Crippen molar-refractivity contribution in [2.75, 3.05) is 23.3 Å². The SMILES string of the molecule is C[C@H](CN1CCc2ccccc21)C(=O)Nc1ccccc1. The van der Waals surface area contributed by atoms with E-state index in [1.807, 2.05) is 37.3 Å². The molecule has 2 aromatic carbocycles. The summed E-state index contributed by atoms with van der Waals surface area (Å²) in [6, 6.07) is 18.1. The summed E-state index contributed by atoms with van der Waals surface area (Å²) in [5.41, 5.74) is 3.52. The molecular formula is C18H20N2O. The molecule has 0 aliphatic carbocycles. The molecule has 0 saturated carbocycles. The van der Waals surface area contributed by atoms with Gasteiger partial charge < -0.3 is 10.2 Å². The second-order valence-electron chi connectivity index (χ2n) is 5.58. The number of nitrogens with one attached hydrogen (secondary N) is 1. The van der Waals surface area contributed by atoms with Gasteiger partial charge in [0.2, 0.25) is 5.91 Å². The average molecular weight is 280 g/mol. The summed E-state index contributed by atoms with van der Waals surface area (Å²) in [4.78, 5) is 14.6. The average Bonchev–Trinajstić information content (AvgIpc) is 2.91. The summed E-state index contributed by atoms with van der Waals surface area (Å²) >= 11 is 0. The zero-order valence-corrected chi connectivity index (χ0v) is 12.3. The molecule has 0 unspecified atom stereocenters. The lowest BCUT2D eigenvalue weighted by molar-refractivity contribution is -0.119.